The van der Waals surface area contributed by atoms with Crippen molar-refractivity contribution in [1.29, 1.82) is 0 Å². The first-order valence-electron chi connectivity index (χ1n) is 9.79. The lowest BCUT2D eigenvalue weighted by Gasteiger charge is -2.43. The number of carbonyl (C=O) groups is 4. The predicted octanol–water partition coefficient (Wildman–Crippen LogP) is -0.448. The fourth-order valence-electron chi connectivity index (χ4n) is 3.15. The molecule has 0 saturated carbocycles. The predicted molar refractivity (Wildman–Crippen MR) is 105 cm³/mol. The second-order valence-electron chi connectivity index (χ2n) is 6.99. The lowest BCUT2D eigenvalue weighted by Crippen LogP contribution is -2.99. The van der Waals surface area contributed by atoms with E-state index in [0.717, 1.165) is 27.7 Å². The Morgan fingerprint density at radius 3 is 2.00 bits per heavy atom. The second kappa shape index (κ2) is 11.6. The molecule has 1 aromatic carbocycles. The zero-order valence-corrected chi connectivity index (χ0v) is 18.3. The molecule has 13 nitrogen and oxygen atoms in total. The van der Waals surface area contributed by atoms with Crippen molar-refractivity contribution >= 4 is 29.6 Å². The van der Waals surface area contributed by atoms with Gasteiger partial charge in [-0.25, -0.2) is 5.21 Å². The Morgan fingerprint density at radius 1 is 0.909 bits per heavy atom. The van der Waals surface area contributed by atoms with Crippen LogP contribution in [0.2, 0.25) is 0 Å². The number of rotatable bonds is 8. The van der Waals surface area contributed by atoms with Crippen LogP contribution in [-0.4, -0.2) is 66.4 Å². The molecule has 0 spiro atoms. The maximum Gasteiger partial charge on any atom is 0.303 e. The van der Waals surface area contributed by atoms with E-state index in [9.17, 15) is 29.6 Å². The molecule has 6 atom stereocenters. The number of carbonyl (C=O) groups excluding carboxylic acids is 4. The highest BCUT2D eigenvalue weighted by atomic mass is 16.8. The van der Waals surface area contributed by atoms with Crippen LogP contribution in [0.5, 0.6) is 5.75 Å². The molecule has 0 aliphatic carbocycles. The molecule has 6 unspecified atom stereocenters. The average molecular weight is 471 g/mol. The normalized spacial score (nSPS) is 25.3. The molecule has 0 aromatic heterocycles. The van der Waals surface area contributed by atoms with E-state index in [-0.39, 0.29) is 11.4 Å². The first-order chi connectivity index (χ1) is 15.5. The maximum atomic E-state index is 11.8. The summed E-state index contributed by atoms with van der Waals surface area (Å²) >= 11 is 0. The van der Waals surface area contributed by atoms with Crippen molar-refractivity contribution in [1.82, 2.24) is 0 Å². The molecule has 2 N–H and O–H groups in total. The zero-order valence-electron chi connectivity index (χ0n) is 18.3. The van der Waals surface area contributed by atoms with Crippen LogP contribution in [-0.2, 0) is 42.9 Å². The third kappa shape index (κ3) is 7.39. The van der Waals surface area contributed by atoms with E-state index in [0.29, 0.717) is 0 Å². The van der Waals surface area contributed by atoms with E-state index in [2.05, 4.69) is 0 Å². The highest BCUT2D eigenvalue weighted by Gasteiger charge is 2.53. The fraction of sp³-hybridized carbons (Fsp3) is 0.500. The van der Waals surface area contributed by atoms with Crippen LogP contribution in [0, 0.1) is 5.21 Å². The van der Waals surface area contributed by atoms with Crippen molar-refractivity contribution < 1.29 is 58.0 Å². The SMILES string of the molecule is CC(=O)OCC1OC(Oc2ccccc2[NH+]([O-])O)C(OC(C)=O)C(OC(C)=O)C1OC(C)=O. The Balaban J connectivity index is 2.50. The van der Waals surface area contributed by atoms with Gasteiger partial charge in [0.2, 0.25) is 18.1 Å². The van der Waals surface area contributed by atoms with E-state index in [1.165, 1.54) is 24.3 Å². The molecular weight excluding hydrogens is 446 g/mol. The van der Waals surface area contributed by atoms with Gasteiger partial charge in [-0.1, -0.05) is 12.1 Å². The van der Waals surface area contributed by atoms with Crippen LogP contribution in [0.3, 0.4) is 0 Å². The average Bonchev–Trinajstić information content (AvgIpc) is 2.70. The van der Waals surface area contributed by atoms with Gasteiger partial charge < -0.3 is 33.6 Å². The Hall–Kier alpha value is -3.26. The Bertz CT molecular complexity index is 872. The van der Waals surface area contributed by atoms with Crippen molar-refractivity contribution in [3.8, 4) is 5.75 Å². The quantitative estimate of drug-likeness (QED) is 0.285. The molecule has 2 rings (SSSR count). The van der Waals surface area contributed by atoms with Gasteiger partial charge in [0.25, 0.3) is 0 Å². The lowest BCUT2D eigenvalue weighted by atomic mass is 9.98. The summed E-state index contributed by atoms with van der Waals surface area (Å²) in [5.74, 6) is -3.18. The number of ether oxygens (including phenoxy) is 6. The molecule has 13 heteroatoms. The van der Waals surface area contributed by atoms with Crippen molar-refractivity contribution in [3.63, 3.8) is 0 Å². The molecule has 33 heavy (non-hydrogen) atoms. The molecule has 182 valence electrons. The van der Waals surface area contributed by atoms with Crippen LogP contribution in [0.4, 0.5) is 5.69 Å². The van der Waals surface area contributed by atoms with Crippen LogP contribution in [0.15, 0.2) is 24.3 Å². The smallest absolute Gasteiger partial charge is 0.303 e. The zero-order chi connectivity index (χ0) is 24.7. The number of nitrogens with one attached hydrogen (secondary N) is 1. The molecule has 1 aromatic rings. The van der Waals surface area contributed by atoms with Gasteiger partial charge in [-0.2, -0.15) is 5.23 Å². The topological polar surface area (TPSA) is 171 Å². The van der Waals surface area contributed by atoms with Gasteiger partial charge in [0.15, 0.2) is 18.0 Å². The molecule has 1 heterocycles. The first-order valence-corrected chi connectivity index (χ1v) is 9.79. The molecule has 0 radical (unpaired) electrons. The minimum Gasteiger partial charge on any atom is -0.595 e. The third-order valence-corrected chi connectivity index (χ3v) is 4.31. The van der Waals surface area contributed by atoms with E-state index in [1.54, 1.807) is 0 Å². The summed E-state index contributed by atoms with van der Waals surface area (Å²) < 4.78 is 32.3. The van der Waals surface area contributed by atoms with Gasteiger partial charge in [-0.15, -0.1) is 0 Å². The van der Waals surface area contributed by atoms with Crippen LogP contribution in [0.1, 0.15) is 27.7 Å². The Morgan fingerprint density at radius 2 is 1.45 bits per heavy atom. The standard InChI is InChI=1S/C20H25NO12/c1-10(22)28-9-16-17(29-11(2)23)18(30-12(3)24)19(31-13(4)25)20(33-16)32-15-8-6-5-7-14(15)21(26)27/h5-8,16-21,26H,9H2,1-4H3. The van der Waals surface area contributed by atoms with Gasteiger partial charge in [0.1, 0.15) is 12.7 Å². The molecular formula is C20H25NO12. The number of quaternary nitrogens is 1. The van der Waals surface area contributed by atoms with Crippen LogP contribution >= 0.6 is 0 Å². The van der Waals surface area contributed by atoms with Crippen molar-refractivity contribution in [2.45, 2.75) is 58.4 Å². The highest BCUT2D eigenvalue weighted by molar-refractivity contribution is 5.68. The van der Waals surface area contributed by atoms with E-state index in [4.69, 9.17) is 28.4 Å². The Kier molecular flexibility index (Phi) is 9.11. The Labute approximate surface area is 188 Å². The summed E-state index contributed by atoms with van der Waals surface area (Å²) in [6, 6.07) is 5.61. The van der Waals surface area contributed by atoms with Gasteiger partial charge in [0.05, 0.1) is 0 Å². The summed E-state index contributed by atoms with van der Waals surface area (Å²) in [7, 11) is 0. The second-order valence-corrected chi connectivity index (χ2v) is 6.99. The largest absolute Gasteiger partial charge is 0.595 e. The third-order valence-electron chi connectivity index (χ3n) is 4.31. The molecule has 1 aliphatic rings. The minimum absolute atomic E-state index is 0.133. The number of para-hydroxylation sites is 2. The highest BCUT2D eigenvalue weighted by Crippen LogP contribution is 2.32. The molecule has 1 aliphatic heterocycles. The molecule has 0 bridgehead atoms. The van der Waals surface area contributed by atoms with Crippen LogP contribution < -0.4 is 9.96 Å². The van der Waals surface area contributed by atoms with Crippen LogP contribution in [0.25, 0.3) is 0 Å². The van der Waals surface area contributed by atoms with Crippen molar-refractivity contribution in [2.24, 2.45) is 0 Å². The van der Waals surface area contributed by atoms with Crippen molar-refractivity contribution in [2.75, 3.05) is 6.61 Å². The number of benzene rings is 1. The minimum atomic E-state index is -1.52. The van der Waals surface area contributed by atoms with Gasteiger partial charge in [-0.3, -0.25) is 19.2 Å². The molecule has 1 fully saturated rings. The number of hydrogen-bond acceptors (Lipinski definition) is 12. The lowest BCUT2D eigenvalue weighted by molar-refractivity contribution is -0.991. The van der Waals surface area contributed by atoms with E-state index in [1.807, 2.05) is 0 Å². The number of hydrogen-bond donors (Lipinski definition) is 2. The molecule has 1 saturated heterocycles. The van der Waals surface area contributed by atoms with Gasteiger partial charge in [-0.05, 0) is 6.07 Å². The summed E-state index contributed by atoms with van der Waals surface area (Å²) in [6.45, 7) is 3.98. The fourth-order valence-corrected chi connectivity index (χ4v) is 3.15. The molecule has 0 amide bonds. The summed E-state index contributed by atoms with van der Waals surface area (Å²) in [6.07, 6.45) is -6.97. The van der Waals surface area contributed by atoms with E-state index >= 15 is 0 Å². The summed E-state index contributed by atoms with van der Waals surface area (Å²) in [5.41, 5.74) is -0.217. The summed E-state index contributed by atoms with van der Waals surface area (Å²) in [5, 5.41) is 19.7. The summed E-state index contributed by atoms with van der Waals surface area (Å²) in [4.78, 5) is 46.7. The number of esters is 4. The maximum absolute atomic E-state index is 11.8. The van der Waals surface area contributed by atoms with Crippen molar-refractivity contribution in [3.05, 3.63) is 29.5 Å². The van der Waals surface area contributed by atoms with Gasteiger partial charge >= 0.3 is 23.9 Å². The van der Waals surface area contributed by atoms with E-state index < -0.39 is 66.4 Å². The monoisotopic (exact) mass is 471 g/mol. The first kappa shape index (κ1) is 26.0. The van der Waals surface area contributed by atoms with Gasteiger partial charge in [0, 0.05) is 33.8 Å².